The third kappa shape index (κ3) is 3.28. The average molecular weight is 320 g/mol. The Morgan fingerprint density at radius 3 is 2.77 bits per heavy atom. The molecule has 3 rings (SSSR count). The molecule has 1 aromatic carbocycles. The molecule has 0 fully saturated rings. The van der Waals surface area contributed by atoms with Gasteiger partial charge in [0.15, 0.2) is 11.5 Å². The molecule has 8 heteroatoms. The van der Waals surface area contributed by atoms with Crippen molar-refractivity contribution in [2.24, 2.45) is 0 Å². The lowest BCUT2D eigenvalue weighted by molar-refractivity contribution is 0.171. The number of ether oxygens (including phenoxy) is 2. The van der Waals surface area contributed by atoms with Gasteiger partial charge in [-0.1, -0.05) is 17.4 Å². The third-order valence-corrected chi connectivity index (χ3v) is 3.91. The molecule has 1 aliphatic heterocycles. The fraction of sp³-hybridized carbons (Fsp3) is 0.357. The van der Waals surface area contributed by atoms with Gasteiger partial charge >= 0.3 is 6.03 Å². The van der Waals surface area contributed by atoms with E-state index in [1.807, 2.05) is 32.0 Å². The number of aryl methyl sites for hydroxylation is 1. The van der Waals surface area contributed by atoms with E-state index in [9.17, 15) is 4.79 Å². The van der Waals surface area contributed by atoms with Crippen LogP contribution in [0.25, 0.3) is 0 Å². The number of hydrogen-bond donors (Lipinski definition) is 2. The summed E-state index contributed by atoms with van der Waals surface area (Å²) in [5.41, 5.74) is 0.938. The van der Waals surface area contributed by atoms with Crippen molar-refractivity contribution in [3.63, 3.8) is 0 Å². The summed E-state index contributed by atoms with van der Waals surface area (Å²) in [6.45, 7) is 4.83. The number of aromatic nitrogens is 2. The molecule has 0 unspecified atom stereocenters. The predicted molar refractivity (Wildman–Crippen MR) is 82.6 cm³/mol. The SMILES string of the molecule is Cc1nnc(NC(=O)N[C@H](C)c2ccc3c(c2)OCCO3)s1. The van der Waals surface area contributed by atoms with Crippen molar-refractivity contribution in [3.8, 4) is 11.5 Å². The molecule has 2 amide bonds. The zero-order valence-corrected chi connectivity index (χ0v) is 13.1. The second-order valence-electron chi connectivity index (χ2n) is 4.85. The molecular weight excluding hydrogens is 304 g/mol. The minimum Gasteiger partial charge on any atom is -0.486 e. The van der Waals surface area contributed by atoms with Crippen molar-refractivity contribution in [1.29, 1.82) is 0 Å². The van der Waals surface area contributed by atoms with Crippen LogP contribution in [0.3, 0.4) is 0 Å². The normalized spacial score (nSPS) is 14.3. The summed E-state index contributed by atoms with van der Waals surface area (Å²) in [5.74, 6) is 1.44. The summed E-state index contributed by atoms with van der Waals surface area (Å²) in [5, 5.41) is 14.5. The number of anilines is 1. The molecule has 0 saturated carbocycles. The van der Waals surface area contributed by atoms with Gasteiger partial charge in [0.1, 0.15) is 18.2 Å². The van der Waals surface area contributed by atoms with Gasteiger partial charge in [-0.2, -0.15) is 0 Å². The minimum atomic E-state index is -0.321. The molecule has 22 heavy (non-hydrogen) atoms. The maximum absolute atomic E-state index is 12.0. The first-order chi connectivity index (χ1) is 10.6. The van der Waals surface area contributed by atoms with Crippen LogP contribution in [0.5, 0.6) is 11.5 Å². The van der Waals surface area contributed by atoms with Crippen molar-refractivity contribution in [3.05, 3.63) is 28.8 Å². The second-order valence-corrected chi connectivity index (χ2v) is 6.03. The van der Waals surface area contributed by atoms with Gasteiger partial charge in [-0.25, -0.2) is 4.79 Å². The van der Waals surface area contributed by atoms with Crippen LogP contribution in [0.2, 0.25) is 0 Å². The molecule has 0 bridgehead atoms. The van der Waals surface area contributed by atoms with E-state index in [1.165, 1.54) is 11.3 Å². The Morgan fingerprint density at radius 2 is 2.05 bits per heavy atom. The van der Waals surface area contributed by atoms with Crippen LogP contribution in [-0.2, 0) is 0 Å². The quantitative estimate of drug-likeness (QED) is 0.907. The van der Waals surface area contributed by atoms with E-state index in [0.717, 1.165) is 16.3 Å². The maximum atomic E-state index is 12.0. The van der Waals surface area contributed by atoms with Gasteiger partial charge in [0.2, 0.25) is 5.13 Å². The smallest absolute Gasteiger partial charge is 0.321 e. The van der Waals surface area contributed by atoms with Gasteiger partial charge in [0.05, 0.1) is 6.04 Å². The lowest BCUT2D eigenvalue weighted by atomic mass is 10.1. The Morgan fingerprint density at radius 1 is 1.27 bits per heavy atom. The Labute approximate surface area is 131 Å². The van der Waals surface area contributed by atoms with E-state index >= 15 is 0 Å². The maximum Gasteiger partial charge on any atom is 0.321 e. The van der Waals surface area contributed by atoms with E-state index in [2.05, 4.69) is 20.8 Å². The molecule has 7 nitrogen and oxygen atoms in total. The third-order valence-electron chi connectivity index (χ3n) is 3.16. The van der Waals surface area contributed by atoms with Crippen LogP contribution >= 0.6 is 11.3 Å². The first-order valence-corrected chi connectivity index (χ1v) is 7.70. The monoisotopic (exact) mass is 320 g/mol. The fourth-order valence-corrected chi connectivity index (χ4v) is 2.68. The summed E-state index contributed by atoms with van der Waals surface area (Å²) in [6.07, 6.45) is 0. The van der Waals surface area contributed by atoms with Crippen LogP contribution in [0.1, 0.15) is 23.5 Å². The molecule has 2 N–H and O–H groups in total. The van der Waals surface area contributed by atoms with Gasteiger partial charge in [-0.3, -0.25) is 5.32 Å². The highest BCUT2D eigenvalue weighted by molar-refractivity contribution is 7.15. The summed E-state index contributed by atoms with van der Waals surface area (Å²) >= 11 is 1.33. The van der Waals surface area contributed by atoms with Gasteiger partial charge < -0.3 is 14.8 Å². The Balaban J connectivity index is 1.63. The average Bonchev–Trinajstić information content (AvgIpc) is 2.91. The number of benzene rings is 1. The van der Waals surface area contributed by atoms with Crippen molar-refractivity contribution in [2.75, 3.05) is 18.5 Å². The molecule has 0 aliphatic carbocycles. The highest BCUT2D eigenvalue weighted by Gasteiger charge is 2.16. The standard InChI is InChI=1S/C14H16N4O3S/c1-8(15-13(19)16-14-18-17-9(2)22-14)10-3-4-11-12(7-10)21-6-5-20-11/h3-4,7-8H,5-6H2,1-2H3,(H2,15,16,18,19)/t8-/m1/s1. The first kappa shape index (κ1) is 14.6. The molecule has 0 radical (unpaired) electrons. The number of nitrogens with one attached hydrogen (secondary N) is 2. The number of amides is 2. The zero-order valence-electron chi connectivity index (χ0n) is 12.3. The summed E-state index contributed by atoms with van der Waals surface area (Å²) in [4.78, 5) is 12.0. The van der Waals surface area contributed by atoms with Crippen LogP contribution in [-0.4, -0.2) is 29.4 Å². The Bertz CT molecular complexity index is 688. The van der Waals surface area contributed by atoms with Gasteiger partial charge in [0.25, 0.3) is 0 Å². The summed E-state index contributed by atoms with van der Waals surface area (Å²) < 4.78 is 11.0. The number of rotatable bonds is 3. The molecule has 0 spiro atoms. The van der Waals surface area contributed by atoms with Gasteiger partial charge in [0, 0.05) is 0 Å². The van der Waals surface area contributed by atoms with Crippen LogP contribution in [0.15, 0.2) is 18.2 Å². The lowest BCUT2D eigenvalue weighted by Gasteiger charge is -2.21. The Kier molecular flexibility index (Phi) is 4.10. The fourth-order valence-electron chi connectivity index (χ4n) is 2.09. The van der Waals surface area contributed by atoms with E-state index in [1.54, 1.807) is 0 Å². The topological polar surface area (TPSA) is 85.4 Å². The number of nitrogens with zero attached hydrogens (tertiary/aromatic N) is 2. The molecular formula is C14H16N4O3S. The number of fused-ring (bicyclic) bond motifs is 1. The van der Waals surface area contributed by atoms with Gasteiger partial charge in [-0.15, -0.1) is 10.2 Å². The zero-order chi connectivity index (χ0) is 15.5. The van der Waals surface area contributed by atoms with E-state index in [-0.39, 0.29) is 12.1 Å². The lowest BCUT2D eigenvalue weighted by Crippen LogP contribution is -2.31. The van der Waals surface area contributed by atoms with Gasteiger partial charge in [-0.05, 0) is 31.5 Å². The van der Waals surface area contributed by atoms with E-state index in [4.69, 9.17) is 9.47 Å². The first-order valence-electron chi connectivity index (χ1n) is 6.89. The molecule has 116 valence electrons. The number of carbonyl (C=O) groups excluding carboxylic acids is 1. The van der Waals surface area contributed by atoms with Crippen molar-refractivity contribution >= 4 is 22.5 Å². The van der Waals surface area contributed by atoms with Crippen LogP contribution < -0.4 is 20.1 Å². The largest absolute Gasteiger partial charge is 0.486 e. The van der Waals surface area contributed by atoms with Crippen LogP contribution in [0, 0.1) is 6.92 Å². The molecule has 2 heterocycles. The predicted octanol–water partition coefficient (Wildman–Crippen LogP) is 2.50. The highest BCUT2D eigenvalue weighted by Crippen LogP contribution is 2.32. The molecule has 1 aromatic heterocycles. The van der Waals surface area contributed by atoms with E-state index < -0.39 is 0 Å². The molecule has 1 atom stereocenters. The molecule has 1 aliphatic rings. The second kappa shape index (κ2) is 6.18. The number of urea groups is 1. The molecule has 0 saturated heterocycles. The Hall–Kier alpha value is -2.35. The highest BCUT2D eigenvalue weighted by atomic mass is 32.1. The van der Waals surface area contributed by atoms with Crippen LogP contribution in [0.4, 0.5) is 9.93 Å². The van der Waals surface area contributed by atoms with Crippen molar-refractivity contribution in [2.45, 2.75) is 19.9 Å². The number of hydrogen-bond acceptors (Lipinski definition) is 6. The molecule has 2 aromatic rings. The van der Waals surface area contributed by atoms with Crippen molar-refractivity contribution < 1.29 is 14.3 Å². The summed E-state index contributed by atoms with van der Waals surface area (Å²) in [6, 6.07) is 5.15. The van der Waals surface area contributed by atoms with Crippen molar-refractivity contribution in [1.82, 2.24) is 15.5 Å². The minimum absolute atomic E-state index is 0.176. The number of carbonyl (C=O) groups is 1. The van der Waals surface area contributed by atoms with E-state index in [0.29, 0.717) is 24.1 Å². The summed E-state index contributed by atoms with van der Waals surface area (Å²) in [7, 11) is 0.